The summed E-state index contributed by atoms with van der Waals surface area (Å²) in [7, 11) is 1.65. The van der Waals surface area contributed by atoms with Crippen LogP contribution in [-0.4, -0.2) is 27.9 Å². The number of aromatic nitrogens is 3. The summed E-state index contributed by atoms with van der Waals surface area (Å²) in [6.45, 7) is 1.95. The number of nitrogens with two attached hydrogens (primary N) is 1. The lowest BCUT2D eigenvalue weighted by Crippen LogP contribution is -2.30. The van der Waals surface area contributed by atoms with E-state index in [0.717, 1.165) is 11.3 Å². The molecule has 2 aromatic rings. The van der Waals surface area contributed by atoms with Crippen molar-refractivity contribution < 1.29 is 4.74 Å². The Morgan fingerprint density at radius 1 is 1.29 bits per heavy atom. The fourth-order valence-corrected chi connectivity index (χ4v) is 1.86. The third kappa shape index (κ3) is 2.45. The predicted molar refractivity (Wildman–Crippen MR) is 64.8 cm³/mol. The highest BCUT2D eigenvalue weighted by Gasteiger charge is 2.18. The van der Waals surface area contributed by atoms with Gasteiger partial charge in [0.1, 0.15) is 18.4 Å². The van der Waals surface area contributed by atoms with E-state index in [1.54, 1.807) is 18.1 Å². The molecule has 0 radical (unpaired) electrons. The molecule has 0 aliphatic heterocycles. The minimum Gasteiger partial charge on any atom is -0.497 e. The van der Waals surface area contributed by atoms with Gasteiger partial charge in [-0.15, -0.1) is 0 Å². The maximum absolute atomic E-state index is 6.01. The number of hydrogen-bond acceptors (Lipinski definition) is 4. The maximum Gasteiger partial charge on any atom is 0.137 e. The van der Waals surface area contributed by atoms with E-state index in [4.69, 9.17) is 10.5 Å². The summed E-state index contributed by atoms with van der Waals surface area (Å²) >= 11 is 0. The fourth-order valence-electron chi connectivity index (χ4n) is 1.86. The molecule has 0 bridgehead atoms. The van der Waals surface area contributed by atoms with E-state index in [-0.39, 0.29) is 12.1 Å². The normalized spacial score (nSPS) is 14.3. The van der Waals surface area contributed by atoms with Crippen molar-refractivity contribution in [1.29, 1.82) is 0 Å². The van der Waals surface area contributed by atoms with Gasteiger partial charge >= 0.3 is 0 Å². The lowest BCUT2D eigenvalue weighted by molar-refractivity contribution is 0.413. The first kappa shape index (κ1) is 11.6. The summed E-state index contributed by atoms with van der Waals surface area (Å²) in [5.41, 5.74) is 7.10. The molecule has 0 fully saturated rings. The predicted octanol–water partition coefficient (Wildman–Crippen LogP) is 1.22. The van der Waals surface area contributed by atoms with Gasteiger partial charge in [0.2, 0.25) is 0 Å². The lowest BCUT2D eigenvalue weighted by Gasteiger charge is -2.21. The number of methoxy groups -OCH3 is 1. The standard InChI is InChI=1S/C12H16N4O/c1-9(13)12(16-8-14-7-15-16)10-3-5-11(17-2)6-4-10/h3-9,12H,13H2,1-2H3. The molecule has 1 aromatic carbocycles. The van der Waals surface area contributed by atoms with Gasteiger partial charge in [0, 0.05) is 6.04 Å². The molecule has 90 valence electrons. The average Bonchev–Trinajstić information content (AvgIpc) is 2.83. The van der Waals surface area contributed by atoms with Gasteiger partial charge in [-0.3, -0.25) is 0 Å². The van der Waals surface area contributed by atoms with Gasteiger partial charge in [0.15, 0.2) is 0 Å². The largest absolute Gasteiger partial charge is 0.497 e. The molecule has 0 amide bonds. The van der Waals surface area contributed by atoms with Crippen molar-refractivity contribution in [3.63, 3.8) is 0 Å². The number of benzene rings is 1. The summed E-state index contributed by atoms with van der Waals surface area (Å²) in [6.07, 6.45) is 3.19. The van der Waals surface area contributed by atoms with Gasteiger partial charge < -0.3 is 10.5 Å². The molecule has 0 spiro atoms. The van der Waals surface area contributed by atoms with E-state index in [2.05, 4.69) is 10.1 Å². The van der Waals surface area contributed by atoms with Gasteiger partial charge in [0.25, 0.3) is 0 Å². The molecule has 17 heavy (non-hydrogen) atoms. The third-order valence-electron chi connectivity index (χ3n) is 2.68. The van der Waals surface area contributed by atoms with Crippen molar-refractivity contribution in [2.24, 2.45) is 5.73 Å². The molecule has 0 aliphatic carbocycles. The van der Waals surface area contributed by atoms with E-state index in [0.29, 0.717) is 0 Å². The molecule has 0 saturated carbocycles. The van der Waals surface area contributed by atoms with Crippen LogP contribution in [0, 0.1) is 0 Å². The van der Waals surface area contributed by atoms with Gasteiger partial charge in [-0.2, -0.15) is 5.10 Å². The zero-order chi connectivity index (χ0) is 12.3. The molecule has 0 aliphatic rings. The molecule has 2 atom stereocenters. The van der Waals surface area contributed by atoms with Crippen LogP contribution in [-0.2, 0) is 0 Å². The Labute approximate surface area is 100 Å². The third-order valence-corrected chi connectivity index (χ3v) is 2.68. The molecule has 2 unspecified atom stereocenters. The van der Waals surface area contributed by atoms with Gasteiger partial charge in [0.05, 0.1) is 13.2 Å². The second kappa shape index (κ2) is 4.97. The van der Waals surface area contributed by atoms with Gasteiger partial charge in [-0.25, -0.2) is 9.67 Å². The van der Waals surface area contributed by atoms with Crippen LogP contribution in [0.2, 0.25) is 0 Å². The molecule has 5 heteroatoms. The Bertz CT molecular complexity index is 450. The quantitative estimate of drug-likeness (QED) is 0.860. The molecular weight excluding hydrogens is 216 g/mol. The first-order valence-corrected chi connectivity index (χ1v) is 5.46. The molecule has 2 rings (SSSR count). The van der Waals surface area contributed by atoms with Crippen molar-refractivity contribution in [3.8, 4) is 5.75 Å². The van der Waals surface area contributed by atoms with Gasteiger partial charge in [-0.05, 0) is 24.6 Å². The molecule has 0 saturated heterocycles. The number of rotatable bonds is 4. The Kier molecular flexibility index (Phi) is 3.39. The van der Waals surface area contributed by atoms with E-state index >= 15 is 0 Å². The fraction of sp³-hybridized carbons (Fsp3) is 0.333. The van der Waals surface area contributed by atoms with Crippen molar-refractivity contribution in [1.82, 2.24) is 14.8 Å². The molecule has 2 N–H and O–H groups in total. The molecular formula is C12H16N4O. The van der Waals surface area contributed by atoms with Crippen LogP contribution in [0.25, 0.3) is 0 Å². The summed E-state index contributed by atoms with van der Waals surface area (Å²) < 4.78 is 6.90. The minimum atomic E-state index is -0.0508. The number of nitrogens with zero attached hydrogens (tertiary/aromatic N) is 3. The van der Waals surface area contributed by atoms with Crippen LogP contribution in [0.5, 0.6) is 5.75 Å². The highest BCUT2D eigenvalue weighted by molar-refractivity contribution is 5.30. The van der Waals surface area contributed by atoms with Crippen molar-refractivity contribution >= 4 is 0 Å². The van der Waals surface area contributed by atoms with E-state index in [9.17, 15) is 0 Å². The highest BCUT2D eigenvalue weighted by atomic mass is 16.5. The summed E-state index contributed by atoms with van der Waals surface area (Å²) in [4.78, 5) is 3.96. The molecule has 1 heterocycles. The summed E-state index contributed by atoms with van der Waals surface area (Å²) in [6, 6.07) is 7.76. The van der Waals surface area contributed by atoms with Crippen LogP contribution in [0.4, 0.5) is 0 Å². The Balaban J connectivity index is 2.33. The van der Waals surface area contributed by atoms with Crippen LogP contribution in [0.3, 0.4) is 0 Å². The van der Waals surface area contributed by atoms with Gasteiger partial charge in [-0.1, -0.05) is 12.1 Å². The molecule has 5 nitrogen and oxygen atoms in total. The van der Waals surface area contributed by atoms with E-state index < -0.39 is 0 Å². The van der Waals surface area contributed by atoms with Crippen molar-refractivity contribution in [2.75, 3.05) is 7.11 Å². The first-order valence-electron chi connectivity index (χ1n) is 5.46. The Hall–Kier alpha value is -1.88. The summed E-state index contributed by atoms with van der Waals surface area (Å²) in [5, 5.41) is 4.15. The average molecular weight is 232 g/mol. The molecule has 1 aromatic heterocycles. The van der Waals surface area contributed by atoms with Crippen LogP contribution >= 0.6 is 0 Å². The summed E-state index contributed by atoms with van der Waals surface area (Å²) in [5.74, 6) is 0.829. The Morgan fingerprint density at radius 2 is 2.00 bits per heavy atom. The topological polar surface area (TPSA) is 66.0 Å². The van der Waals surface area contributed by atoms with Crippen LogP contribution in [0.1, 0.15) is 18.5 Å². The zero-order valence-corrected chi connectivity index (χ0v) is 9.95. The van der Waals surface area contributed by atoms with Crippen molar-refractivity contribution in [2.45, 2.75) is 19.0 Å². The Morgan fingerprint density at radius 3 is 2.47 bits per heavy atom. The smallest absolute Gasteiger partial charge is 0.137 e. The minimum absolute atomic E-state index is 0.0107. The second-order valence-corrected chi connectivity index (χ2v) is 3.95. The monoisotopic (exact) mass is 232 g/mol. The second-order valence-electron chi connectivity index (χ2n) is 3.95. The number of ether oxygens (including phenoxy) is 1. The SMILES string of the molecule is COc1ccc(C(C(C)N)n2cncn2)cc1. The van der Waals surface area contributed by atoms with Crippen LogP contribution in [0.15, 0.2) is 36.9 Å². The first-order chi connectivity index (χ1) is 8.22. The highest BCUT2D eigenvalue weighted by Crippen LogP contribution is 2.22. The van der Waals surface area contributed by atoms with Crippen molar-refractivity contribution in [3.05, 3.63) is 42.5 Å². The van der Waals surface area contributed by atoms with E-state index in [1.807, 2.05) is 31.2 Å². The number of hydrogen-bond donors (Lipinski definition) is 1. The maximum atomic E-state index is 6.01. The zero-order valence-electron chi connectivity index (χ0n) is 9.95. The lowest BCUT2D eigenvalue weighted by atomic mass is 10.0. The van der Waals surface area contributed by atoms with Crippen LogP contribution < -0.4 is 10.5 Å². The van der Waals surface area contributed by atoms with E-state index in [1.165, 1.54) is 6.33 Å².